The van der Waals surface area contributed by atoms with Crippen molar-refractivity contribution in [3.05, 3.63) is 29.8 Å². The second kappa shape index (κ2) is 4.15. The largest absolute Gasteiger partial charge is 0.493 e. The number of rotatable bonds is 5. The minimum Gasteiger partial charge on any atom is -0.493 e. The van der Waals surface area contributed by atoms with E-state index in [1.165, 1.54) is 0 Å². The van der Waals surface area contributed by atoms with Crippen molar-refractivity contribution in [2.45, 2.75) is 13.3 Å². The van der Waals surface area contributed by atoms with Gasteiger partial charge in [-0.2, -0.15) is 0 Å². The normalized spacial score (nSPS) is 12.6. The van der Waals surface area contributed by atoms with Crippen molar-refractivity contribution in [1.82, 2.24) is 0 Å². The van der Waals surface area contributed by atoms with Gasteiger partial charge in [0.2, 0.25) is 0 Å². The Labute approximate surface area is 120 Å². The third-order valence-electron chi connectivity index (χ3n) is 3.48. The molecule has 0 unspecified atom stereocenters. The summed E-state index contributed by atoms with van der Waals surface area (Å²) in [5.74, 6) is 1.96. The molecule has 4 rings (SSSR count). The topological polar surface area (TPSA) is 71.6 Å². The van der Waals surface area contributed by atoms with E-state index in [0.717, 1.165) is 29.0 Å². The number of carboxylic acid groups (broad SMARTS) is 1. The molecule has 0 amide bonds. The first kappa shape index (κ1) is 12.1. The first-order valence-electron chi connectivity index (χ1n) is 6.77. The van der Waals surface area contributed by atoms with Gasteiger partial charge in [-0.05, 0) is 18.6 Å². The maximum Gasteiger partial charge on any atom is 0.343 e. The zero-order valence-electron chi connectivity index (χ0n) is 11.3. The van der Waals surface area contributed by atoms with Crippen molar-refractivity contribution in [2.24, 2.45) is 0 Å². The molecule has 0 atom stereocenters. The highest BCUT2D eigenvalue weighted by molar-refractivity contribution is 6.02. The summed E-state index contributed by atoms with van der Waals surface area (Å²) >= 11 is 0. The van der Waals surface area contributed by atoms with Crippen LogP contribution in [0.25, 0.3) is 11.1 Å². The van der Waals surface area contributed by atoms with Crippen LogP contribution in [-0.2, 0) is 0 Å². The van der Waals surface area contributed by atoms with Gasteiger partial charge in [0, 0.05) is 11.1 Å². The van der Waals surface area contributed by atoms with Crippen LogP contribution >= 0.6 is 0 Å². The number of ether oxygens (including phenoxy) is 3. The molecule has 0 aliphatic carbocycles. The number of hydrogen-bond donors (Lipinski definition) is 1. The van der Waals surface area contributed by atoms with Gasteiger partial charge in [0.15, 0.2) is 23.0 Å². The summed E-state index contributed by atoms with van der Waals surface area (Å²) in [6.07, 6.45) is 0.802. The highest BCUT2D eigenvalue weighted by Gasteiger charge is 2.38. The SMILES string of the molecule is CCCOc1cc(-c2cccc3c2O3)c2c(c1C(=O)O)O2. The zero-order chi connectivity index (χ0) is 14.6. The molecule has 106 valence electrons. The van der Waals surface area contributed by atoms with E-state index >= 15 is 0 Å². The molecular formula is C16H12O5. The number of benzene rings is 2. The first-order chi connectivity index (χ1) is 10.2. The van der Waals surface area contributed by atoms with Gasteiger partial charge < -0.3 is 19.3 Å². The lowest BCUT2D eigenvalue weighted by Crippen LogP contribution is -2.02. The minimum atomic E-state index is -1.04. The summed E-state index contributed by atoms with van der Waals surface area (Å²) < 4.78 is 16.4. The molecule has 5 nitrogen and oxygen atoms in total. The predicted molar refractivity (Wildman–Crippen MR) is 74.8 cm³/mol. The predicted octanol–water partition coefficient (Wildman–Crippen LogP) is 4.05. The number of carbonyl (C=O) groups is 1. The Morgan fingerprint density at radius 2 is 2.05 bits per heavy atom. The highest BCUT2D eigenvalue weighted by atomic mass is 16.6. The Bertz CT molecular complexity index is 779. The van der Waals surface area contributed by atoms with Crippen LogP contribution in [0.1, 0.15) is 23.7 Å². The Hall–Kier alpha value is -2.69. The molecule has 0 fully saturated rings. The summed E-state index contributed by atoms with van der Waals surface area (Å²) in [5.41, 5.74) is 1.81. The average Bonchev–Trinajstić information content (AvgIpc) is 3.34. The van der Waals surface area contributed by atoms with E-state index < -0.39 is 5.97 Å². The van der Waals surface area contributed by atoms with Crippen LogP contribution in [0, 0.1) is 0 Å². The number of fused-ring (bicyclic) bond motifs is 2. The molecule has 1 N–H and O–H groups in total. The van der Waals surface area contributed by atoms with Crippen molar-refractivity contribution in [2.75, 3.05) is 6.61 Å². The van der Waals surface area contributed by atoms with E-state index in [2.05, 4.69) is 0 Å². The van der Waals surface area contributed by atoms with Gasteiger partial charge >= 0.3 is 5.97 Å². The van der Waals surface area contributed by atoms with Crippen LogP contribution in [0.5, 0.6) is 28.7 Å². The molecule has 0 radical (unpaired) electrons. The minimum absolute atomic E-state index is 0.0973. The van der Waals surface area contributed by atoms with E-state index in [1.54, 1.807) is 6.07 Å². The first-order valence-corrected chi connectivity index (χ1v) is 6.77. The van der Waals surface area contributed by atoms with Gasteiger partial charge in [-0.1, -0.05) is 19.1 Å². The van der Waals surface area contributed by atoms with E-state index in [9.17, 15) is 9.90 Å². The fourth-order valence-electron chi connectivity index (χ4n) is 2.43. The van der Waals surface area contributed by atoms with Gasteiger partial charge in [0.1, 0.15) is 11.3 Å². The monoisotopic (exact) mass is 284 g/mol. The van der Waals surface area contributed by atoms with E-state index in [4.69, 9.17) is 14.2 Å². The van der Waals surface area contributed by atoms with E-state index in [1.807, 2.05) is 25.1 Å². The molecule has 21 heavy (non-hydrogen) atoms. The molecule has 2 aromatic carbocycles. The number of hydrogen-bond acceptors (Lipinski definition) is 4. The van der Waals surface area contributed by atoms with Crippen molar-refractivity contribution in [3.63, 3.8) is 0 Å². The van der Waals surface area contributed by atoms with Crippen LogP contribution in [0.4, 0.5) is 0 Å². The van der Waals surface area contributed by atoms with Crippen LogP contribution in [0.3, 0.4) is 0 Å². The second-order valence-corrected chi connectivity index (χ2v) is 4.95. The number of aromatic carboxylic acids is 1. The van der Waals surface area contributed by atoms with Gasteiger partial charge in [-0.15, -0.1) is 0 Å². The van der Waals surface area contributed by atoms with Crippen molar-refractivity contribution in [3.8, 4) is 39.9 Å². The fraction of sp³-hybridized carbons (Fsp3) is 0.188. The van der Waals surface area contributed by atoms with Gasteiger partial charge in [-0.25, -0.2) is 4.79 Å². The Morgan fingerprint density at radius 1 is 1.19 bits per heavy atom. The third-order valence-corrected chi connectivity index (χ3v) is 3.48. The average molecular weight is 284 g/mol. The smallest absolute Gasteiger partial charge is 0.343 e. The van der Waals surface area contributed by atoms with Crippen LogP contribution < -0.4 is 14.2 Å². The molecule has 2 aliphatic rings. The van der Waals surface area contributed by atoms with Crippen LogP contribution in [0.15, 0.2) is 24.3 Å². The summed E-state index contributed by atoms with van der Waals surface area (Å²) in [7, 11) is 0. The lowest BCUT2D eigenvalue weighted by molar-refractivity contribution is 0.0692. The molecule has 0 aromatic heterocycles. The maximum atomic E-state index is 11.4. The van der Waals surface area contributed by atoms with Gasteiger partial charge in [0.25, 0.3) is 0 Å². The molecule has 0 saturated heterocycles. The molecule has 2 aromatic rings. The summed E-state index contributed by atoms with van der Waals surface area (Å²) in [6.45, 7) is 2.43. The molecule has 0 spiro atoms. The lowest BCUT2D eigenvalue weighted by atomic mass is 10.0. The Balaban J connectivity index is 1.84. The molecule has 5 heteroatoms. The number of carboxylic acids is 1. The number of para-hydroxylation sites is 1. The van der Waals surface area contributed by atoms with Crippen molar-refractivity contribution in [1.29, 1.82) is 0 Å². The highest BCUT2D eigenvalue weighted by Crippen LogP contribution is 2.61. The molecule has 2 heterocycles. The Kier molecular flexibility index (Phi) is 2.39. The lowest BCUT2D eigenvalue weighted by Gasteiger charge is -2.07. The molecular weight excluding hydrogens is 272 g/mol. The van der Waals surface area contributed by atoms with Gasteiger partial charge in [-0.3, -0.25) is 0 Å². The summed E-state index contributed by atoms with van der Waals surface area (Å²) in [4.78, 5) is 11.4. The summed E-state index contributed by atoms with van der Waals surface area (Å²) in [5, 5.41) is 9.32. The van der Waals surface area contributed by atoms with Crippen molar-refractivity contribution >= 4 is 5.97 Å². The second-order valence-electron chi connectivity index (χ2n) is 4.95. The van der Waals surface area contributed by atoms with E-state index in [0.29, 0.717) is 23.9 Å². The van der Waals surface area contributed by atoms with E-state index in [-0.39, 0.29) is 5.56 Å². The quantitative estimate of drug-likeness (QED) is 0.560. The standard InChI is InChI=1S/C16H12O5/c1-2-6-19-11-7-9(8-4-3-5-10-13(8)20-10)14-15(21-14)12(11)16(17)18/h3-5,7H,2,6H2,1H3,(H,17,18). The molecule has 0 saturated carbocycles. The maximum absolute atomic E-state index is 11.4. The van der Waals surface area contributed by atoms with Crippen molar-refractivity contribution < 1.29 is 24.1 Å². The van der Waals surface area contributed by atoms with Crippen LogP contribution in [-0.4, -0.2) is 17.7 Å². The fourth-order valence-corrected chi connectivity index (χ4v) is 2.43. The van der Waals surface area contributed by atoms with Gasteiger partial charge in [0.05, 0.1) is 6.61 Å². The Morgan fingerprint density at radius 3 is 2.81 bits per heavy atom. The molecule has 0 bridgehead atoms. The van der Waals surface area contributed by atoms with Crippen LogP contribution in [0.2, 0.25) is 0 Å². The third kappa shape index (κ3) is 1.81. The molecule has 2 aliphatic heterocycles. The zero-order valence-corrected chi connectivity index (χ0v) is 11.3. The summed E-state index contributed by atoms with van der Waals surface area (Å²) in [6, 6.07) is 7.43.